The average molecular weight is 804 g/mol. The molecule has 0 saturated carbocycles. The minimum absolute atomic E-state index is 0.0575. The highest BCUT2D eigenvalue weighted by atomic mass is 31.2. The maximum Gasteiger partial charge on any atom is 0.472 e. The Hall–Kier alpha value is -3.98. The number of aromatic nitrogens is 2. The van der Waals surface area contributed by atoms with Crippen LogP contribution in [0.3, 0.4) is 0 Å². The number of nitrogens with zero attached hydrogens (tertiary/aromatic N) is 2. The Morgan fingerprint density at radius 3 is 2.24 bits per heavy atom. The average Bonchev–Trinajstić information content (AvgIpc) is 3.81. The summed E-state index contributed by atoms with van der Waals surface area (Å²) in [6.07, 6.45) is 2.55. The minimum Gasteiger partial charge on any atom is -0.394 e. The van der Waals surface area contributed by atoms with Gasteiger partial charge in [0, 0.05) is 24.9 Å². The zero-order chi connectivity index (χ0) is 41.3. The van der Waals surface area contributed by atoms with Gasteiger partial charge in [-0.25, -0.2) is 9.55 Å². The third-order valence-corrected chi connectivity index (χ3v) is 9.49. The topological polar surface area (TPSA) is 320 Å². The fourth-order valence-electron chi connectivity index (χ4n) is 5.64. The fourth-order valence-corrected chi connectivity index (χ4v) is 6.60. The molecule has 0 aromatic carbocycles. The van der Waals surface area contributed by atoms with Crippen LogP contribution in [0, 0.1) is 5.92 Å². The van der Waals surface area contributed by atoms with Crippen LogP contribution in [0.4, 0.5) is 0 Å². The Morgan fingerprint density at radius 1 is 1.00 bits per heavy atom. The number of nitrogens with two attached hydrogens (primary N) is 2. The van der Waals surface area contributed by atoms with Crippen LogP contribution in [0.25, 0.3) is 0 Å². The lowest BCUT2D eigenvalue weighted by Crippen LogP contribution is -2.61. The second kappa shape index (κ2) is 23.2. The minimum atomic E-state index is -4.70. The van der Waals surface area contributed by atoms with Gasteiger partial charge < -0.3 is 57.4 Å². The Bertz CT molecular complexity index is 1460. The van der Waals surface area contributed by atoms with Crippen molar-refractivity contribution in [1.29, 1.82) is 0 Å². The van der Waals surface area contributed by atoms with Gasteiger partial charge in [0.05, 0.1) is 44.8 Å². The van der Waals surface area contributed by atoms with Gasteiger partial charge in [0.2, 0.25) is 35.4 Å². The van der Waals surface area contributed by atoms with Crippen LogP contribution in [-0.2, 0) is 53.5 Å². The number of likely N-dealkylation sites (tertiary alicyclic amines) is 1. The van der Waals surface area contributed by atoms with E-state index in [0.717, 1.165) is 0 Å². The maximum absolute atomic E-state index is 13.8. The van der Waals surface area contributed by atoms with Crippen molar-refractivity contribution in [2.24, 2.45) is 17.4 Å². The van der Waals surface area contributed by atoms with Crippen LogP contribution < -0.4 is 32.7 Å². The molecule has 22 heteroatoms. The van der Waals surface area contributed by atoms with E-state index >= 15 is 0 Å². The quantitative estimate of drug-likeness (QED) is 0.0385. The molecule has 2 heterocycles. The summed E-state index contributed by atoms with van der Waals surface area (Å²) in [5.74, 6) is -4.80. The van der Waals surface area contributed by atoms with Crippen LogP contribution >= 0.6 is 7.82 Å². The molecule has 1 aromatic heterocycles. The first-order chi connectivity index (χ1) is 25.9. The van der Waals surface area contributed by atoms with E-state index in [-0.39, 0.29) is 63.4 Å². The predicted octanol–water partition coefficient (Wildman–Crippen LogP) is -1.91. The number of imidazole rings is 1. The first-order valence-electron chi connectivity index (χ1n) is 18.2. The summed E-state index contributed by atoms with van der Waals surface area (Å²) in [6.45, 7) is 8.11. The Balaban J connectivity index is 2.20. The second-order valence-electron chi connectivity index (χ2n) is 13.8. The second-order valence-corrected chi connectivity index (χ2v) is 15.2. The number of hydrogen-bond acceptors (Lipinski definition) is 13. The summed E-state index contributed by atoms with van der Waals surface area (Å²) in [7, 11) is -4.70. The lowest BCUT2D eigenvalue weighted by Gasteiger charge is -2.29. The molecule has 0 aliphatic carbocycles. The number of amides is 6. The normalized spacial score (nSPS) is 18.1. The van der Waals surface area contributed by atoms with Crippen molar-refractivity contribution >= 4 is 43.3 Å². The van der Waals surface area contributed by atoms with Gasteiger partial charge in [-0.05, 0) is 58.9 Å². The van der Waals surface area contributed by atoms with Crippen LogP contribution in [-0.4, -0.2) is 136 Å². The van der Waals surface area contributed by atoms with Crippen LogP contribution in [0.2, 0.25) is 0 Å². The summed E-state index contributed by atoms with van der Waals surface area (Å²) in [5, 5.41) is 20.0. The van der Waals surface area contributed by atoms with Gasteiger partial charge in [0.1, 0.15) is 30.2 Å². The number of aromatic amines is 1. The first-order valence-corrected chi connectivity index (χ1v) is 19.7. The van der Waals surface area contributed by atoms with Gasteiger partial charge in [-0.3, -0.25) is 37.8 Å². The number of carbonyl (C=O) groups is 6. The van der Waals surface area contributed by atoms with E-state index in [0.29, 0.717) is 25.1 Å². The molecule has 2 rings (SSSR count). The Morgan fingerprint density at radius 2 is 1.65 bits per heavy atom. The third-order valence-electron chi connectivity index (χ3n) is 8.39. The molecule has 1 unspecified atom stereocenters. The lowest BCUT2D eigenvalue weighted by atomic mass is 10.0. The number of primary amides is 1. The zero-order valence-corrected chi connectivity index (χ0v) is 32.9. The number of rotatable bonds is 25. The largest absolute Gasteiger partial charge is 0.472 e. The summed E-state index contributed by atoms with van der Waals surface area (Å²) >= 11 is 0. The fraction of sp³-hybridized carbons (Fsp3) is 0.727. The molecule has 0 bridgehead atoms. The lowest BCUT2D eigenvalue weighted by molar-refractivity contribution is -0.140. The Kier molecular flexibility index (Phi) is 19.9. The molecule has 1 aliphatic rings. The Labute approximate surface area is 320 Å². The standard InChI is InChI=1S/C33H58N9O12P/c1-19(2)14-23(39-33(49)26-8-6-11-42(26)27(44)9-13-52-20(3)4)30(46)38-24(15-22-16-36-18-37-22)31(47)40-25(17-43)32(48)41-28(29(35)45)21(5)54-55(50,51)53-12-7-10-34/h16,18-21,23-26,28,43H,6-15,17,34H2,1-5H3,(H2,35,45)(H,36,37)(H,38,46)(H,39,49)(H,40,47)(H,41,48)(H,50,51)/t21-,23+,24+,25+,26+,28+/m1/s1. The number of phosphoric ester groups is 1. The smallest absolute Gasteiger partial charge is 0.394 e. The van der Waals surface area contributed by atoms with E-state index in [9.17, 15) is 43.3 Å². The predicted molar refractivity (Wildman–Crippen MR) is 196 cm³/mol. The number of hydrogen-bond donors (Lipinski definition) is 9. The van der Waals surface area contributed by atoms with Crippen molar-refractivity contribution in [2.75, 3.05) is 32.9 Å². The van der Waals surface area contributed by atoms with E-state index in [1.165, 1.54) is 24.3 Å². The van der Waals surface area contributed by atoms with Gasteiger partial charge in [-0.2, -0.15) is 0 Å². The molecule has 0 radical (unpaired) electrons. The molecular formula is C33H58N9O12P. The molecule has 21 nitrogen and oxygen atoms in total. The van der Waals surface area contributed by atoms with Crippen molar-refractivity contribution in [3.05, 3.63) is 18.2 Å². The molecule has 1 aliphatic heterocycles. The molecule has 1 fully saturated rings. The molecule has 1 saturated heterocycles. The number of carbonyl (C=O) groups excluding carboxylic acids is 6. The molecule has 55 heavy (non-hydrogen) atoms. The molecule has 1 aromatic rings. The number of phosphoric acid groups is 1. The van der Waals surface area contributed by atoms with E-state index in [4.69, 9.17) is 25.3 Å². The highest BCUT2D eigenvalue weighted by molar-refractivity contribution is 7.47. The van der Waals surface area contributed by atoms with Crippen molar-refractivity contribution in [1.82, 2.24) is 36.1 Å². The molecule has 7 atom stereocenters. The highest BCUT2D eigenvalue weighted by Crippen LogP contribution is 2.45. The van der Waals surface area contributed by atoms with E-state index < -0.39 is 80.3 Å². The SMILES string of the molecule is CC(C)C[C@H](NC(=O)[C@@H]1CCCN1C(=O)CCOC(C)C)C(=O)N[C@@H](Cc1cnc[nH]1)C(=O)N[C@@H](CO)C(=O)N[C@H](C(N)=O)[C@@H](C)OP(=O)(O)OCCCN. The molecular weight excluding hydrogens is 745 g/mol. The van der Waals surface area contributed by atoms with Crippen molar-refractivity contribution < 1.29 is 57.1 Å². The number of aliphatic hydroxyl groups is 1. The number of ether oxygens (including phenoxy) is 1. The summed E-state index contributed by atoms with van der Waals surface area (Å²) in [6, 6.07) is -6.72. The third kappa shape index (κ3) is 16.3. The van der Waals surface area contributed by atoms with Crippen LogP contribution in [0.15, 0.2) is 12.5 Å². The highest BCUT2D eigenvalue weighted by Gasteiger charge is 2.38. The molecule has 312 valence electrons. The van der Waals surface area contributed by atoms with Crippen LogP contribution in [0.5, 0.6) is 0 Å². The first kappa shape index (κ1) is 47.2. The molecule has 0 spiro atoms. The van der Waals surface area contributed by atoms with E-state index in [1.807, 2.05) is 27.7 Å². The maximum atomic E-state index is 13.8. The van der Waals surface area contributed by atoms with Crippen LogP contribution in [0.1, 0.15) is 72.4 Å². The van der Waals surface area contributed by atoms with E-state index in [2.05, 4.69) is 31.2 Å². The number of aliphatic hydroxyl groups excluding tert-OH is 1. The number of H-pyrrole nitrogens is 1. The summed E-state index contributed by atoms with van der Waals surface area (Å²) in [5.41, 5.74) is 11.2. The van der Waals surface area contributed by atoms with Gasteiger partial charge in [0.15, 0.2) is 0 Å². The van der Waals surface area contributed by atoms with Gasteiger partial charge in [0.25, 0.3) is 0 Å². The van der Waals surface area contributed by atoms with Gasteiger partial charge in [-0.15, -0.1) is 0 Å². The molecule has 11 N–H and O–H groups in total. The van der Waals surface area contributed by atoms with E-state index in [1.54, 1.807) is 0 Å². The molecule has 6 amide bonds. The van der Waals surface area contributed by atoms with Crippen molar-refractivity contribution in [3.8, 4) is 0 Å². The summed E-state index contributed by atoms with van der Waals surface area (Å²) in [4.78, 5) is 97.5. The van der Waals surface area contributed by atoms with Crippen molar-refractivity contribution in [2.45, 2.75) is 116 Å². The van der Waals surface area contributed by atoms with Gasteiger partial charge in [-0.1, -0.05) is 13.8 Å². The number of nitrogens with one attached hydrogen (secondary N) is 5. The summed E-state index contributed by atoms with van der Waals surface area (Å²) < 4.78 is 27.5. The van der Waals surface area contributed by atoms with Crippen molar-refractivity contribution in [3.63, 3.8) is 0 Å². The zero-order valence-electron chi connectivity index (χ0n) is 32.0. The monoisotopic (exact) mass is 803 g/mol. The van der Waals surface area contributed by atoms with Gasteiger partial charge >= 0.3 is 7.82 Å².